The number of carbonyl (C=O) groups is 1. The van der Waals surface area contributed by atoms with Crippen molar-refractivity contribution in [2.24, 2.45) is 7.05 Å². The molecule has 4 nitrogen and oxygen atoms in total. The fraction of sp³-hybridized carbons (Fsp3) is 0.500. The predicted molar refractivity (Wildman–Crippen MR) is 45.0 cm³/mol. The van der Waals surface area contributed by atoms with Gasteiger partial charge in [-0.2, -0.15) is 31.4 Å². The summed E-state index contributed by atoms with van der Waals surface area (Å²) in [7, 11) is 0.941. The van der Waals surface area contributed by atoms with E-state index in [1.807, 2.05) is 0 Å². The third-order valence-electron chi connectivity index (χ3n) is 2.07. The van der Waals surface area contributed by atoms with Crippen molar-refractivity contribution in [2.75, 3.05) is 0 Å². The van der Waals surface area contributed by atoms with Crippen molar-refractivity contribution in [3.63, 3.8) is 0 Å². The van der Waals surface area contributed by atoms with E-state index in [2.05, 4.69) is 5.10 Å². The number of nitrogens with zero attached hydrogens (tertiary/aromatic N) is 2. The molecule has 1 aromatic heterocycles. The predicted octanol–water partition coefficient (Wildman–Crippen LogP) is 2.33. The Labute approximate surface area is 95.8 Å². The molecular weight excluding hydrogens is 270 g/mol. The molecule has 1 rings (SSSR count). The SMILES string of the molecule is Cn1nc(C(C(F)(F)F)C(F)(F)F)cc1C(=O)O. The normalized spacial score (nSPS) is 13.1. The number of carboxylic acids is 1. The van der Waals surface area contributed by atoms with Crippen LogP contribution in [0.2, 0.25) is 0 Å². The van der Waals surface area contributed by atoms with E-state index in [0.717, 1.165) is 7.05 Å². The molecule has 0 aliphatic carbocycles. The number of rotatable bonds is 2. The van der Waals surface area contributed by atoms with E-state index in [4.69, 9.17) is 5.11 Å². The maximum absolute atomic E-state index is 12.3. The van der Waals surface area contributed by atoms with Gasteiger partial charge in [0.2, 0.25) is 0 Å². The molecule has 1 heterocycles. The smallest absolute Gasteiger partial charge is 0.406 e. The van der Waals surface area contributed by atoms with Gasteiger partial charge >= 0.3 is 18.3 Å². The number of halogens is 6. The standard InChI is InChI=1S/C8H6F6N2O2/c1-16-4(6(17)18)2-3(15-16)5(7(9,10)11)8(12,13)14/h2,5H,1H3,(H,17,18). The number of hydrogen-bond donors (Lipinski definition) is 1. The van der Waals surface area contributed by atoms with Crippen LogP contribution in [0.5, 0.6) is 0 Å². The van der Waals surface area contributed by atoms with Gasteiger partial charge in [0.05, 0.1) is 5.69 Å². The zero-order chi connectivity index (χ0) is 14.3. The van der Waals surface area contributed by atoms with Gasteiger partial charge in [-0.15, -0.1) is 0 Å². The Morgan fingerprint density at radius 2 is 1.72 bits per heavy atom. The van der Waals surface area contributed by atoms with Crippen molar-refractivity contribution in [2.45, 2.75) is 18.3 Å². The van der Waals surface area contributed by atoms with E-state index >= 15 is 0 Å². The number of hydrogen-bond acceptors (Lipinski definition) is 2. The van der Waals surface area contributed by atoms with Gasteiger partial charge in [0.15, 0.2) is 5.92 Å². The molecule has 102 valence electrons. The summed E-state index contributed by atoms with van der Waals surface area (Å²) in [4.78, 5) is 10.5. The summed E-state index contributed by atoms with van der Waals surface area (Å²) in [5, 5.41) is 11.5. The lowest BCUT2D eigenvalue weighted by Crippen LogP contribution is -2.34. The van der Waals surface area contributed by atoms with E-state index in [-0.39, 0.29) is 6.07 Å². The van der Waals surface area contributed by atoms with Gasteiger partial charge < -0.3 is 5.11 Å². The zero-order valence-electron chi connectivity index (χ0n) is 8.67. The first-order chi connectivity index (χ1) is 7.94. The van der Waals surface area contributed by atoms with Crippen LogP contribution >= 0.6 is 0 Å². The van der Waals surface area contributed by atoms with Crippen LogP contribution in [0.3, 0.4) is 0 Å². The monoisotopic (exact) mass is 276 g/mol. The van der Waals surface area contributed by atoms with Crippen LogP contribution in [0.1, 0.15) is 22.1 Å². The molecule has 0 bridgehead atoms. The van der Waals surface area contributed by atoms with Crippen molar-refractivity contribution in [3.8, 4) is 0 Å². The first kappa shape index (κ1) is 14.3. The van der Waals surface area contributed by atoms with Gasteiger partial charge in [0, 0.05) is 7.05 Å². The quantitative estimate of drug-likeness (QED) is 0.843. The maximum atomic E-state index is 12.3. The summed E-state index contributed by atoms with van der Waals surface area (Å²) >= 11 is 0. The molecule has 0 atom stereocenters. The lowest BCUT2D eigenvalue weighted by atomic mass is 10.0. The maximum Gasteiger partial charge on any atom is 0.406 e. The average Bonchev–Trinajstić information content (AvgIpc) is 2.41. The van der Waals surface area contributed by atoms with Crippen molar-refractivity contribution in [1.82, 2.24) is 9.78 Å². The number of aromatic carboxylic acids is 1. The highest BCUT2D eigenvalue weighted by molar-refractivity contribution is 5.85. The Bertz CT molecular complexity index is 447. The molecule has 0 saturated carbocycles. The highest BCUT2D eigenvalue weighted by Crippen LogP contribution is 2.45. The molecular formula is C8H6F6N2O2. The molecule has 0 fully saturated rings. The van der Waals surface area contributed by atoms with Gasteiger partial charge in [0.1, 0.15) is 5.69 Å². The summed E-state index contributed by atoms with van der Waals surface area (Å²) < 4.78 is 74.4. The van der Waals surface area contributed by atoms with E-state index in [0.29, 0.717) is 4.68 Å². The Balaban J connectivity index is 3.32. The van der Waals surface area contributed by atoms with Crippen molar-refractivity contribution in [3.05, 3.63) is 17.5 Å². The molecule has 10 heteroatoms. The summed E-state index contributed by atoms with van der Waals surface area (Å²) in [5.74, 6) is -5.47. The van der Waals surface area contributed by atoms with Crippen LogP contribution in [0, 0.1) is 0 Å². The first-order valence-corrected chi connectivity index (χ1v) is 4.35. The molecule has 0 spiro atoms. The van der Waals surface area contributed by atoms with Crippen LogP contribution in [0.25, 0.3) is 0 Å². The Morgan fingerprint density at radius 3 is 2.00 bits per heavy atom. The highest BCUT2D eigenvalue weighted by atomic mass is 19.4. The summed E-state index contributed by atoms with van der Waals surface area (Å²) in [6, 6.07) is 0.258. The molecule has 0 aliphatic rings. The van der Waals surface area contributed by atoms with Crippen LogP contribution in [0.4, 0.5) is 26.3 Å². The van der Waals surface area contributed by atoms with Crippen molar-refractivity contribution >= 4 is 5.97 Å². The lowest BCUT2D eigenvalue weighted by Gasteiger charge is -2.20. The van der Waals surface area contributed by atoms with E-state index in [1.165, 1.54) is 0 Å². The molecule has 18 heavy (non-hydrogen) atoms. The molecule has 0 saturated heterocycles. The van der Waals surface area contributed by atoms with Gasteiger partial charge in [0.25, 0.3) is 0 Å². The fourth-order valence-corrected chi connectivity index (χ4v) is 1.35. The summed E-state index contributed by atoms with van der Waals surface area (Å²) in [5.41, 5.74) is -2.15. The number of aromatic nitrogens is 2. The molecule has 0 unspecified atom stereocenters. The van der Waals surface area contributed by atoms with Crippen LogP contribution in [-0.2, 0) is 7.05 Å². The van der Waals surface area contributed by atoms with Crippen LogP contribution in [0.15, 0.2) is 6.07 Å². The van der Waals surface area contributed by atoms with Crippen LogP contribution in [-0.4, -0.2) is 33.2 Å². The first-order valence-electron chi connectivity index (χ1n) is 4.35. The van der Waals surface area contributed by atoms with E-state index < -0.39 is 35.6 Å². The van der Waals surface area contributed by atoms with Gasteiger partial charge in [-0.05, 0) is 6.07 Å². The molecule has 1 N–H and O–H groups in total. The second-order valence-electron chi connectivity index (χ2n) is 3.40. The zero-order valence-corrected chi connectivity index (χ0v) is 8.67. The molecule has 0 amide bonds. The van der Waals surface area contributed by atoms with E-state index in [1.54, 1.807) is 0 Å². The molecule has 0 radical (unpaired) electrons. The fourth-order valence-electron chi connectivity index (χ4n) is 1.35. The lowest BCUT2D eigenvalue weighted by molar-refractivity contribution is -0.254. The van der Waals surface area contributed by atoms with Gasteiger partial charge in [-0.25, -0.2) is 4.79 Å². The Hall–Kier alpha value is -1.74. The number of aryl methyl sites for hydroxylation is 1. The second kappa shape index (κ2) is 4.18. The highest BCUT2D eigenvalue weighted by Gasteiger charge is 2.59. The summed E-state index contributed by atoms with van der Waals surface area (Å²) in [6.07, 6.45) is -11.2. The number of alkyl halides is 6. The minimum atomic E-state index is -5.59. The van der Waals surface area contributed by atoms with Gasteiger partial charge in [-0.1, -0.05) is 0 Å². The van der Waals surface area contributed by atoms with Crippen molar-refractivity contribution in [1.29, 1.82) is 0 Å². The summed E-state index contributed by atoms with van der Waals surface area (Å²) in [6.45, 7) is 0. The minimum Gasteiger partial charge on any atom is -0.477 e. The molecule has 0 aliphatic heterocycles. The molecule has 0 aromatic carbocycles. The molecule has 1 aromatic rings. The van der Waals surface area contributed by atoms with Crippen LogP contribution < -0.4 is 0 Å². The van der Waals surface area contributed by atoms with Crippen molar-refractivity contribution < 1.29 is 36.2 Å². The second-order valence-corrected chi connectivity index (χ2v) is 3.40. The third-order valence-corrected chi connectivity index (χ3v) is 2.07. The Morgan fingerprint density at radius 1 is 1.28 bits per heavy atom. The Kier molecular flexibility index (Phi) is 3.32. The largest absolute Gasteiger partial charge is 0.477 e. The van der Waals surface area contributed by atoms with Gasteiger partial charge in [-0.3, -0.25) is 4.68 Å². The van der Waals surface area contributed by atoms with E-state index in [9.17, 15) is 31.1 Å². The third kappa shape index (κ3) is 2.74. The number of carboxylic acid groups (broad SMARTS) is 1. The minimum absolute atomic E-state index is 0.258. The topological polar surface area (TPSA) is 55.1 Å². The average molecular weight is 276 g/mol.